The van der Waals surface area contributed by atoms with E-state index in [0.29, 0.717) is 0 Å². The third kappa shape index (κ3) is 2.77. The number of hydrogen-bond donors (Lipinski definition) is 0. The Labute approximate surface area is 102 Å². The maximum absolute atomic E-state index is 5.67. The molecular weight excluding hydrogens is 208 g/mol. The SMILES string of the molecule is C=Cc1oc2c(c1/C=C\C)=CC=C=CC=2.CC. The molecule has 2 rings (SSSR count). The molecule has 0 N–H and O–H groups in total. The zero-order valence-electron chi connectivity index (χ0n) is 10.7. The van der Waals surface area contributed by atoms with Crippen molar-refractivity contribution in [3.8, 4) is 0 Å². The van der Waals surface area contributed by atoms with Crippen LogP contribution in [0.25, 0.3) is 24.3 Å². The standard InChI is InChI=1S/C14H12O.C2H6/c1-3-8-11-12-9-6-5-7-10-14(12)15-13(11)4-2;1-2/h3-4,6-10H,2H2,1H3;1-2H3/b8-3-;. The van der Waals surface area contributed by atoms with Crippen molar-refractivity contribution >= 4 is 24.3 Å². The largest absolute Gasteiger partial charge is 0.456 e. The Balaban J connectivity index is 0.000000686. The molecule has 0 fully saturated rings. The minimum absolute atomic E-state index is 0.814. The fourth-order valence-corrected chi connectivity index (χ4v) is 1.59. The van der Waals surface area contributed by atoms with Gasteiger partial charge in [0, 0.05) is 10.8 Å². The summed E-state index contributed by atoms with van der Waals surface area (Å²) in [6.45, 7) is 9.74. The summed E-state index contributed by atoms with van der Waals surface area (Å²) in [5.41, 5.74) is 4.95. The van der Waals surface area contributed by atoms with Crippen LogP contribution in [0.2, 0.25) is 0 Å². The number of fused-ring (bicyclic) bond motifs is 1. The van der Waals surface area contributed by atoms with Gasteiger partial charge in [0.2, 0.25) is 0 Å². The van der Waals surface area contributed by atoms with Crippen molar-refractivity contribution < 1.29 is 4.42 Å². The molecule has 1 heterocycles. The summed E-state index contributed by atoms with van der Waals surface area (Å²) in [6.07, 6.45) is 13.4. The van der Waals surface area contributed by atoms with Gasteiger partial charge in [-0.05, 0) is 37.3 Å². The van der Waals surface area contributed by atoms with Crippen molar-refractivity contribution in [3.05, 3.63) is 52.5 Å². The van der Waals surface area contributed by atoms with Gasteiger partial charge >= 0.3 is 0 Å². The maximum Gasteiger partial charge on any atom is 0.136 e. The van der Waals surface area contributed by atoms with E-state index in [2.05, 4.69) is 12.3 Å². The highest BCUT2D eigenvalue weighted by atomic mass is 16.3. The molecular formula is C16H18O. The van der Waals surface area contributed by atoms with Crippen molar-refractivity contribution in [1.82, 2.24) is 0 Å². The molecule has 0 amide bonds. The van der Waals surface area contributed by atoms with Crippen LogP contribution in [0, 0.1) is 0 Å². The summed E-state index contributed by atoms with van der Waals surface area (Å²) in [5.74, 6) is 0.814. The van der Waals surface area contributed by atoms with Crippen LogP contribution in [-0.4, -0.2) is 0 Å². The van der Waals surface area contributed by atoms with Crippen LogP contribution in [0.1, 0.15) is 32.1 Å². The summed E-state index contributed by atoms with van der Waals surface area (Å²) in [7, 11) is 0. The van der Waals surface area contributed by atoms with Gasteiger partial charge in [0.25, 0.3) is 0 Å². The van der Waals surface area contributed by atoms with Crippen LogP contribution < -0.4 is 10.6 Å². The zero-order chi connectivity index (χ0) is 12.7. The lowest BCUT2D eigenvalue weighted by Crippen LogP contribution is -2.20. The first-order valence-electron chi connectivity index (χ1n) is 5.88. The quantitative estimate of drug-likeness (QED) is 0.705. The molecule has 1 nitrogen and oxygen atoms in total. The Morgan fingerprint density at radius 2 is 1.94 bits per heavy atom. The van der Waals surface area contributed by atoms with Gasteiger partial charge in [-0.2, -0.15) is 0 Å². The minimum Gasteiger partial charge on any atom is -0.456 e. The van der Waals surface area contributed by atoms with Crippen molar-refractivity contribution in [2.75, 3.05) is 0 Å². The van der Waals surface area contributed by atoms with Crippen LogP contribution in [0.15, 0.2) is 35.0 Å². The second kappa shape index (κ2) is 6.57. The summed E-state index contributed by atoms with van der Waals surface area (Å²) in [4.78, 5) is 0. The number of allylic oxidation sites excluding steroid dienone is 2. The van der Waals surface area contributed by atoms with Gasteiger partial charge in [0.15, 0.2) is 0 Å². The molecule has 1 aliphatic rings. The predicted molar refractivity (Wildman–Crippen MR) is 75.7 cm³/mol. The molecule has 0 aromatic carbocycles. The van der Waals surface area contributed by atoms with E-state index in [-0.39, 0.29) is 0 Å². The number of hydrogen-bond acceptors (Lipinski definition) is 1. The molecule has 88 valence electrons. The predicted octanol–water partition coefficient (Wildman–Crippen LogP) is 3.27. The Hall–Kier alpha value is -1.98. The van der Waals surface area contributed by atoms with E-state index in [1.54, 1.807) is 6.08 Å². The van der Waals surface area contributed by atoms with Gasteiger partial charge < -0.3 is 4.42 Å². The highest BCUT2D eigenvalue weighted by Crippen LogP contribution is 2.06. The van der Waals surface area contributed by atoms with Crippen molar-refractivity contribution in [2.45, 2.75) is 20.8 Å². The van der Waals surface area contributed by atoms with Crippen molar-refractivity contribution in [2.24, 2.45) is 0 Å². The Bertz CT molecular complexity index is 588. The van der Waals surface area contributed by atoms with E-state index in [4.69, 9.17) is 4.42 Å². The smallest absolute Gasteiger partial charge is 0.136 e. The average Bonchev–Trinajstić information content (AvgIpc) is 2.56. The fourth-order valence-electron chi connectivity index (χ4n) is 1.59. The van der Waals surface area contributed by atoms with Gasteiger partial charge in [-0.25, -0.2) is 0 Å². The lowest BCUT2D eigenvalue weighted by Gasteiger charge is -1.87. The van der Waals surface area contributed by atoms with Gasteiger partial charge in [0.1, 0.15) is 11.2 Å². The molecule has 1 aromatic heterocycles. The van der Waals surface area contributed by atoms with E-state index >= 15 is 0 Å². The summed E-state index contributed by atoms with van der Waals surface area (Å²) in [6, 6.07) is 0. The van der Waals surface area contributed by atoms with Crippen LogP contribution in [0.3, 0.4) is 0 Å². The zero-order valence-corrected chi connectivity index (χ0v) is 10.7. The summed E-state index contributed by atoms with van der Waals surface area (Å²) < 4.78 is 5.67. The topological polar surface area (TPSA) is 13.1 Å². The van der Waals surface area contributed by atoms with Crippen LogP contribution in [0.4, 0.5) is 0 Å². The molecule has 1 heteroatoms. The highest BCUT2D eigenvalue weighted by Gasteiger charge is 2.05. The first kappa shape index (κ1) is 13.1. The molecule has 0 unspecified atom stereocenters. The Morgan fingerprint density at radius 1 is 1.24 bits per heavy atom. The molecule has 1 aromatic rings. The maximum atomic E-state index is 5.67. The first-order chi connectivity index (χ1) is 8.36. The first-order valence-corrected chi connectivity index (χ1v) is 5.88. The third-order valence-corrected chi connectivity index (χ3v) is 2.24. The van der Waals surface area contributed by atoms with E-state index in [9.17, 15) is 0 Å². The Kier molecular flexibility index (Phi) is 5.06. The number of furan rings is 1. The minimum atomic E-state index is 0.814. The second-order valence-corrected chi connectivity index (χ2v) is 3.20. The molecule has 0 saturated heterocycles. The monoisotopic (exact) mass is 226 g/mol. The molecule has 1 aliphatic carbocycles. The summed E-state index contributed by atoms with van der Waals surface area (Å²) in [5, 5.41) is 1.09. The van der Waals surface area contributed by atoms with E-state index in [0.717, 1.165) is 22.0 Å². The van der Waals surface area contributed by atoms with Crippen molar-refractivity contribution in [1.29, 1.82) is 0 Å². The van der Waals surface area contributed by atoms with Crippen molar-refractivity contribution in [3.63, 3.8) is 0 Å². The van der Waals surface area contributed by atoms with Crippen LogP contribution in [0.5, 0.6) is 0 Å². The van der Waals surface area contributed by atoms with Crippen LogP contribution >= 0.6 is 0 Å². The normalized spacial score (nSPS) is 11.9. The second-order valence-electron chi connectivity index (χ2n) is 3.20. The average molecular weight is 226 g/mol. The molecule has 0 radical (unpaired) electrons. The molecule has 0 aliphatic heterocycles. The molecule has 0 bridgehead atoms. The fraction of sp³-hybridized carbons (Fsp3) is 0.188. The van der Waals surface area contributed by atoms with Crippen LogP contribution in [-0.2, 0) is 0 Å². The lowest BCUT2D eigenvalue weighted by molar-refractivity contribution is 0.522. The van der Waals surface area contributed by atoms with Gasteiger partial charge in [-0.3, -0.25) is 0 Å². The van der Waals surface area contributed by atoms with E-state index in [1.807, 2.05) is 57.2 Å². The highest BCUT2D eigenvalue weighted by molar-refractivity contribution is 5.64. The van der Waals surface area contributed by atoms with E-state index < -0.39 is 0 Å². The van der Waals surface area contributed by atoms with Gasteiger partial charge in [-0.1, -0.05) is 32.6 Å². The molecule has 0 atom stereocenters. The molecule has 0 saturated carbocycles. The molecule has 0 spiro atoms. The summed E-state index contributed by atoms with van der Waals surface area (Å²) >= 11 is 0. The van der Waals surface area contributed by atoms with Gasteiger partial charge in [0.05, 0.1) is 0 Å². The Morgan fingerprint density at radius 3 is 2.59 bits per heavy atom. The van der Waals surface area contributed by atoms with Gasteiger partial charge in [-0.15, -0.1) is 5.73 Å². The third-order valence-electron chi connectivity index (χ3n) is 2.24. The number of rotatable bonds is 2. The van der Waals surface area contributed by atoms with E-state index in [1.165, 1.54) is 0 Å². The lowest BCUT2D eigenvalue weighted by atomic mass is 10.1. The molecule has 17 heavy (non-hydrogen) atoms.